The van der Waals surface area contributed by atoms with Gasteiger partial charge in [-0.15, -0.1) is 0 Å². The Hall–Kier alpha value is -1.45. The molecule has 0 radical (unpaired) electrons. The Bertz CT molecular complexity index is 560. The van der Waals surface area contributed by atoms with Crippen LogP contribution in [0.1, 0.15) is 19.3 Å². The highest BCUT2D eigenvalue weighted by molar-refractivity contribution is 14.1. The van der Waals surface area contributed by atoms with Gasteiger partial charge in [0.1, 0.15) is 17.0 Å². The number of carbonyl (C=O) groups is 1. The van der Waals surface area contributed by atoms with E-state index in [-0.39, 0.29) is 14.9 Å². The largest absolute Gasteiger partial charge is 0.480 e. The molecule has 0 aliphatic heterocycles. The Morgan fingerprint density at radius 2 is 2.16 bits per heavy atom. The number of carboxylic acids is 1. The number of rotatable bonds is 4. The molecule has 6 nitrogen and oxygen atoms in total. The van der Waals surface area contributed by atoms with Gasteiger partial charge in [-0.05, 0) is 41.9 Å². The van der Waals surface area contributed by atoms with Crippen LogP contribution in [0.4, 0.5) is 15.8 Å². The molecule has 0 unspecified atom stereocenters. The van der Waals surface area contributed by atoms with Crippen molar-refractivity contribution in [2.45, 2.75) is 24.8 Å². The number of benzene rings is 1. The summed E-state index contributed by atoms with van der Waals surface area (Å²) in [5.74, 6) is -1.69. The van der Waals surface area contributed by atoms with Gasteiger partial charge in [0.2, 0.25) is 0 Å². The molecular formula is C11H10FIN2O4. The normalized spacial score (nSPS) is 16.5. The van der Waals surface area contributed by atoms with E-state index in [1.807, 2.05) is 0 Å². The zero-order valence-corrected chi connectivity index (χ0v) is 11.8. The predicted molar refractivity (Wildman–Crippen MR) is 73.6 cm³/mol. The van der Waals surface area contributed by atoms with E-state index in [1.54, 1.807) is 22.6 Å². The molecule has 2 rings (SSSR count). The first kappa shape index (κ1) is 14.0. The number of halogens is 2. The van der Waals surface area contributed by atoms with Crippen LogP contribution in [0.15, 0.2) is 12.1 Å². The van der Waals surface area contributed by atoms with Gasteiger partial charge >= 0.3 is 5.97 Å². The van der Waals surface area contributed by atoms with Gasteiger partial charge in [-0.2, -0.15) is 0 Å². The number of nitro benzene ring substituents is 1. The molecule has 8 heteroatoms. The Balaban J connectivity index is 2.41. The van der Waals surface area contributed by atoms with Crippen molar-refractivity contribution in [3.63, 3.8) is 0 Å². The molecule has 0 bridgehead atoms. The molecule has 0 atom stereocenters. The standard InChI is InChI=1S/C11H10FIN2O4/c12-6-4-8(9(15(18)19)5-7(6)13)14-11(10(16)17)2-1-3-11/h4-5,14H,1-3H2,(H,16,17). The quantitative estimate of drug-likeness (QED) is 0.476. The second kappa shape index (κ2) is 4.91. The first-order chi connectivity index (χ1) is 8.85. The van der Waals surface area contributed by atoms with E-state index in [0.717, 1.165) is 18.6 Å². The van der Waals surface area contributed by atoms with Crippen LogP contribution in [-0.2, 0) is 4.79 Å². The van der Waals surface area contributed by atoms with Crippen molar-refractivity contribution in [3.05, 3.63) is 31.6 Å². The van der Waals surface area contributed by atoms with Crippen molar-refractivity contribution >= 4 is 39.9 Å². The predicted octanol–water partition coefficient (Wildman–Crippen LogP) is 2.76. The zero-order chi connectivity index (χ0) is 14.2. The Labute approximate surface area is 121 Å². The average molecular weight is 380 g/mol. The summed E-state index contributed by atoms with van der Waals surface area (Å²) in [4.78, 5) is 21.5. The average Bonchev–Trinajstić information content (AvgIpc) is 2.26. The smallest absolute Gasteiger partial charge is 0.329 e. The van der Waals surface area contributed by atoms with Gasteiger partial charge in [0.05, 0.1) is 8.49 Å². The summed E-state index contributed by atoms with van der Waals surface area (Å²) < 4.78 is 13.6. The van der Waals surface area contributed by atoms with E-state index in [9.17, 15) is 24.4 Å². The molecule has 1 aromatic carbocycles. The minimum Gasteiger partial charge on any atom is -0.480 e. The summed E-state index contributed by atoms with van der Waals surface area (Å²) in [7, 11) is 0. The number of anilines is 1. The number of aliphatic carboxylic acids is 1. The molecule has 19 heavy (non-hydrogen) atoms. The maximum absolute atomic E-state index is 13.5. The maximum atomic E-state index is 13.5. The first-order valence-corrected chi connectivity index (χ1v) is 6.59. The summed E-state index contributed by atoms with van der Waals surface area (Å²) in [5, 5.41) is 22.7. The molecule has 1 saturated carbocycles. The van der Waals surface area contributed by atoms with Crippen molar-refractivity contribution < 1.29 is 19.2 Å². The third-order valence-electron chi connectivity index (χ3n) is 3.23. The zero-order valence-electron chi connectivity index (χ0n) is 9.65. The van der Waals surface area contributed by atoms with Crippen LogP contribution >= 0.6 is 22.6 Å². The fourth-order valence-electron chi connectivity index (χ4n) is 1.97. The van der Waals surface area contributed by atoms with E-state index in [2.05, 4.69) is 5.32 Å². The van der Waals surface area contributed by atoms with E-state index in [0.29, 0.717) is 12.8 Å². The van der Waals surface area contributed by atoms with E-state index in [1.165, 1.54) is 0 Å². The van der Waals surface area contributed by atoms with Gasteiger partial charge < -0.3 is 10.4 Å². The van der Waals surface area contributed by atoms with Crippen molar-refractivity contribution in [3.8, 4) is 0 Å². The van der Waals surface area contributed by atoms with Crippen LogP contribution < -0.4 is 5.32 Å². The fourth-order valence-corrected chi connectivity index (χ4v) is 2.42. The minimum absolute atomic E-state index is 0.0926. The number of nitrogens with one attached hydrogen (secondary N) is 1. The molecule has 0 saturated heterocycles. The summed E-state index contributed by atoms with van der Waals surface area (Å²) in [5.41, 5.74) is -1.63. The van der Waals surface area contributed by atoms with Crippen LogP contribution in [-0.4, -0.2) is 21.5 Å². The lowest BCUT2D eigenvalue weighted by atomic mass is 9.76. The van der Waals surface area contributed by atoms with Crippen LogP contribution in [0.25, 0.3) is 0 Å². The highest BCUT2D eigenvalue weighted by Crippen LogP contribution is 2.39. The molecule has 0 amide bonds. The van der Waals surface area contributed by atoms with E-state index < -0.39 is 22.2 Å². The van der Waals surface area contributed by atoms with E-state index >= 15 is 0 Å². The minimum atomic E-state index is -1.22. The van der Waals surface area contributed by atoms with Crippen LogP contribution in [0.3, 0.4) is 0 Å². The number of nitro groups is 1. The van der Waals surface area contributed by atoms with Gasteiger partial charge in [-0.25, -0.2) is 9.18 Å². The highest BCUT2D eigenvalue weighted by atomic mass is 127. The van der Waals surface area contributed by atoms with Gasteiger partial charge in [0.15, 0.2) is 0 Å². The van der Waals surface area contributed by atoms with Crippen LogP contribution in [0, 0.1) is 19.5 Å². The number of carboxylic acid groups (broad SMARTS) is 1. The Morgan fingerprint density at radius 3 is 2.58 bits per heavy atom. The molecule has 0 spiro atoms. The fraction of sp³-hybridized carbons (Fsp3) is 0.364. The third-order valence-corrected chi connectivity index (χ3v) is 4.05. The topological polar surface area (TPSA) is 92.5 Å². The Morgan fingerprint density at radius 1 is 1.53 bits per heavy atom. The monoisotopic (exact) mass is 380 g/mol. The second-order valence-electron chi connectivity index (χ2n) is 4.41. The SMILES string of the molecule is O=C(O)C1(Nc2cc(F)c(I)cc2[N+](=O)[O-])CCC1. The maximum Gasteiger partial charge on any atom is 0.329 e. The molecule has 102 valence electrons. The molecule has 0 heterocycles. The van der Waals surface area contributed by atoms with Gasteiger partial charge in [-0.3, -0.25) is 10.1 Å². The van der Waals surface area contributed by atoms with Crippen LogP contribution in [0.5, 0.6) is 0 Å². The van der Waals surface area contributed by atoms with Gasteiger partial charge in [0, 0.05) is 12.1 Å². The molecule has 1 aromatic rings. The lowest BCUT2D eigenvalue weighted by molar-refractivity contribution is -0.384. The highest BCUT2D eigenvalue weighted by Gasteiger charge is 2.45. The molecule has 1 fully saturated rings. The number of hydrogen-bond donors (Lipinski definition) is 2. The van der Waals surface area contributed by atoms with Crippen LogP contribution in [0.2, 0.25) is 0 Å². The van der Waals surface area contributed by atoms with Crippen molar-refractivity contribution in [2.75, 3.05) is 5.32 Å². The summed E-state index contributed by atoms with van der Waals surface area (Å²) >= 11 is 1.65. The van der Waals surface area contributed by atoms with Gasteiger partial charge in [-0.1, -0.05) is 0 Å². The van der Waals surface area contributed by atoms with Crippen molar-refractivity contribution in [2.24, 2.45) is 0 Å². The molecule has 1 aliphatic rings. The van der Waals surface area contributed by atoms with E-state index in [4.69, 9.17) is 0 Å². The van der Waals surface area contributed by atoms with Crippen molar-refractivity contribution in [1.29, 1.82) is 0 Å². The molecule has 0 aromatic heterocycles. The first-order valence-electron chi connectivity index (χ1n) is 5.51. The molecule has 2 N–H and O–H groups in total. The molecule has 1 aliphatic carbocycles. The van der Waals surface area contributed by atoms with Crippen molar-refractivity contribution in [1.82, 2.24) is 0 Å². The third kappa shape index (κ3) is 2.48. The molecular weight excluding hydrogens is 370 g/mol. The lowest BCUT2D eigenvalue weighted by Gasteiger charge is -2.38. The summed E-state index contributed by atoms with van der Waals surface area (Å²) in [6.45, 7) is 0. The Kier molecular flexibility index (Phi) is 3.61. The summed E-state index contributed by atoms with van der Waals surface area (Å²) in [6, 6.07) is 2.06. The second-order valence-corrected chi connectivity index (χ2v) is 5.57. The summed E-state index contributed by atoms with van der Waals surface area (Å²) in [6.07, 6.45) is 1.46. The lowest BCUT2D eigenvalue weighted by Crippen LogP contribution is -2.52. The number of nitrogens with zero attached hydrogens (tertiary/aromatic N) is 1. The van der Waals surface area contributed by atoms with Gasteiger partial charge in [0.25, 0.3) is 5.69 Å². The number of hydrogen-bond acceptors (Lipinski definition) is 4.